The van der Waals surface area contributed by atoms with Crippen molar-refractivity contribution < 1.29 is 28.8 Å². The second-order valence-corrected chi connectivity index (χ2v) is 12.3. The van der Waals surface area contributed by atoms with Crippen molar-refractivity contribution in [2.45, 2.75) is 45.0 Å². The summed E-state index contributed by atoms with van der Waals surface area (Å²) in [6.07, 6.45) is 1.68. The van der Waals surface area contributed by atoms with Crippen molar-refractivity contribution in [2.24, 2.45) is 11.3 Å². The highest BCUT2D eigenvalue weighted by Crippen LogP contribution is 2.62. The largest absolute Gasteiger partial charge is 0.496 e. The summed E-state index contributed by atoms with van der Waals surface area (Å²) >= 11 is 0. The van der Waals surface area contributed by atoms with Gasteiger partial charge in [-0.3, -0.25) is 9.69 Å². The minimum atomic E-state index is -0.745. The maximum atomic E-state index is 12.2. The molecule has 4 heterocycles. The third-order valence-electron chi connectivity index (χ3n) is 9.91. The molecule has 2 aromatic carbocycles. The number of ether oxygens (including phenoxy) is 4. The molecular formula is C34H39N3O6. The zero-order valence-electron chi connectivity index (χ0n) is 25.0. The van der Waals surface area contributed by atoms with Crippen LogP contribution in [0.4, 0.5) is 5.82 Å². The fourth-order valence-electron chi connectivity index (χ4n) is 7.34. The van der Waals surface area contributed by atoms with Crippen LogP contribution in [0.3, 0.4) is 0 Å². The van der Waals surface area contributed by atoms with Crippen LogP contribution in [0.1, 0.15) is 28.7 Å². The van der Waals surface area contributed by atoms with Gasteiger partial charge in [0.25, 0.3) is 0 Å². The Kier molecular flexibility index (Phi) is 7.27. The number of aromatic nitrogens is 1. The van der Waals surface area contributed by atoms with E-state index in [0.717, 1.165) is 72.4 Å². The number of rotatable bonds is 10. The van der Waals surface area contributed by atoms with E-state index >= 15 is 0 Å². The van der Waals surface area contributed by atoms with Crippen LogP contribution in [0.5, 0.6) is 11.5 Å². The summed E-state index contributed by atoms with van der Waals surface area (Å²) in [7, 11) is 3.37. The highest BCUT2D eigenvalue weighted by atomic mass is 16.5. The van der Waals surface area contributed by atoms with Gasteiger partial charge >= 0.3 is 5.97 Å². The lowest BCUT2D eigenvalue weighted by Crippen LogP contribution is -2.50. The molecule has 2 saturated heterocycles. The molecule has 0 radical (unpaired) electrons. The lowest BCUT2D eigenvalue weighted by atomic mass is 9.95. The van der Waals surface area contributed by atoms with Gasteiger partial charge in [0.1, 0.15) is 23.9 Å². The Morgan fingerprint density at radius 2 is 2.00 bits per heavy atom. The molecule has 1 saturated carbocycles. The van der Waals surface area contributed by atoms with E-state index in [4.69, 9.17) is 23.9 Å². The fourth-order valence-corrected chi connectivity index (χ4v) is 7.34. The molecule has 3 aromatic rings. The van der Waals surface area contributed by atoms with Crippen molar-refractivity contribution in [1.82, 2.24) is 9.88 Å². The Hall–Kier alpha value is -3.66. The molecule has 7 rings (SSSR count). The summed E-state index contributed by atoms with van der Waals surface area (Å²) in [5.41, 5.74) is 5.64. The lowest BCUT2D eigenvalue weighted by molar-refractivity contribution is -0.144. The van der Waals surface area contributed by atoms with Crippen LogP contribution < -0.4 is 14.4 Å². The van der Waals surface area contributed by atoms with Crippen LogP contribution in [0.15, 0.2) is 48.5 Å². The zero-order chi connectivity index (χ0) is 29.7. The number of para-hydroxylation sites is 1. The number of methoxy groups -OCH3 is 2. The van der Waals surface area contributed by atoms with E-state index < -0.39 is 11.4 Å². The average molecular weight is 586 g/mol. The second-order valence-electron chi connectivity index (χ2n) is 12.3. The van der Waals surface area contributed by atoms with Crippen molar-refractivity contribution in [3.63, 3.8) is 0 Å². The van der Waals surface area contributed by atoms with Gasteiger partial charge in [-0.2, -0.15) is 0 Å². The number of aliphatic carboxylic acids is 1. The van der Waals surface area contributed by atoms with Gasteiger partial charge in [0.15, 0.2) is 0 Å². The Morgan fingerprint density at radius 3 is 2.74 bits per heavy atom. The van der Waals surface area contributed by atoms with Gasteiger partial charge in [-0.15, -0.1) is 0 Å². The second kappa shape index (κ2) is 11.1. The highest BCUT2D eigenvalue weighted by molar-refractivity contribution is 5.82. The molecule has 0 amide bonds. The molecule has 3 fully saturated rings. The molecule has 1 unspecified atom stereocenters. The van der Waals surface area contributed by atoms with Crippen LogP contribution in [0.2, 0.25) is 0 Å². The average Bonchev–Trinajstić information content (AvgIpc) is 3.63. The summed E-state index contributed by atoms with van der Waals surface area (Å²) in [5.74, 6) is 1.85. The van der Waals surface area contributed by atoms with Crippen LogP contribution in [0.25, 0.3) is 11.3 Å². The molecular weight excluding hydrogens is 546 g/mol. The van der Waals surface area contributed by atoms with Crippen molar-refractivity contribution in [3.05, 3.63) is 70.8 Å². The zero-order valence-corrected chi connectivity index (χ0v) is 25.0. The summed E-state index contributed by atoms with van der Waals surface area (Å²) in [5, 5.41) is 10.0. The molecule has 0 bridgehead atoms. The van der Waals surface area contributed by atoms with Crippen molar-refractivity contribution in [1.29, 1.82) is 0 Å². The predicted octanol–water partition coefficient (Wildman–Crippen LogP) is 4.33. The molecule has 0 spiro atoms. The number of piperidine rings is 1. The minimum Gasteiger partial charge on any atom is -0.496 e. The number of hydrogen-bond acceptors (Lipinski definition) is 8. The van der Waals surface area contributed by atoms with Crippen LogP contribution in [-0.2, 0) is 33.8 Å². The smallest absolute Gasteiger partial charge is 0.312 e. The van der Waals surface area contributed by atoms with Crippen LogP contribution in [0, 0.1) is 18.3 Å². The number of carbonyl (C=O) groups is 1. The fraction of sp³-hybridized carbons (Fsp3) is 0.471. The molecule has 226 valence electrons. The van der Waals surface area contributed by atoms with Crippen LogP contribution in [-0.4, -0.2) is 80.2 Å². The Bertz CT molecular complexity index is 1520. The maximum Gasteiger partial charge on any atom is 0.312 e. The number of anilines is 1. The van der Waals surface area contributed by atoms with Gasteiger partial charge in [0, 0.05) is 37.9 Å². The van der Waals surface area contributed by atoms with Gasteiger partial charge in [0.05, 0.1) is 50.1 Å². The summed E-state index contributed by atoms with van der Waals surface area (Å²) < 4.78 is 23.3. The molecule has 9 heteroatoms. The molecule has 1 N–H and O–H groups in total. The number of fused-ring (bicyclic) bond motifs is 2. The molecule has 9 nitrogen and oxygen atoms in total. The van der Waals surface area contributed by atoms with Gasteiger partial charge in [0.2, 0.25) is 0 Å². The molecule has 3 atom stereocenters. The number of carboxylic acids is 1. The normalized spacial score (nSPS) is 24.7. The molecule has 4 aliphatic rings. The first-order chi connectivity index (χ1) is 20.9. The molecule has 43 heavy (non-hydrogen) atoms. The van der Waals surface area contributed by atoms with E-state index in [9.17, 15) is 9.90 Å². The van der Waals surface area contributed by atoms with E-state index in [1.54, 1.807) is 14.2 Å². The number of nitrogens with zero attached hydrogens (tertiary/aromatic N) is 3. The monoisotopic (exact) mass is 585 g/mol. The van der Waals surface area contributed by atoms with Gasteiger partial charge in [-0.1, -0.05) is 24.3 Å². The number of hydrogen-bond donors (Lipinski definition) is 1. The Morgan fingerprint density at radius 1 is 1.16 bits per heavy atom. The first kappa shape index (κ1) is 28.1. The highest BCUT2D eigenvalue weighted by Gasteiger charge is 2.71. The number of pyridine rings is 1. The third kappa shape index (κ3) is 4.83. The summed E-state index contributed by atoms with van der Waals surface area (Å²) in [6.45, 7) is 7.01. The Labute approximate surface area is 252 Å². The van der Waals surface area contributed by atoms with E-state index in [-0.39, 0.29) is 12.0 Å². The summed E-state index contributed by atoms with van der Waals surface area (Å²) in [6, 6.07) is 16.7. The van der Waals surface area contributed by atoms with E-state index in [0.29, 0.717) is 32.2 Å². The van der Waals surface area contributed by atoms with E-state index in [1.807, 2.05) is 43.3 Å². The Balaban J connectivity index is 1.13. The van der Waals surface area contributed by atoms with Gasteiger partial charge < -0.3 is 29.0 Å². The summed E-state index contributed by atoms with van der Waals surface area (Å²) in [4.78, 5) is 21.9. The van der Waals surface area contributed by atoms with E-state index in [1.165, 1.54) is 11.1 Å². The lowest BCUT2D eigenvalue weighted by Gasteiger charge is -2.40. The van der Waals surface area contributed by atoms with Crippen molar-refractivity contribution in [3.8, 4) is 22.8 Å². The molecule has 1 aliphatic carbocycles. The minimum absolute atomic E-state index is 0.123. The maximum absolute atomic E-state index is 12.2. The first-order valence-corrected chi connectivity index (χ1v) is 15.1. The number of benzene rings is 2. The first-order valence-electron chi connectivity index (χ1n) is 15.1. The van der Waals surface area contributed by atoms with Crippen LogP contribution >= 0.6 is 0 Å². The SMILES string of the molecule is COC[C@H]1N(c2cccc(-c3cccc(C)c3OCc3cc4c(c(OC)c3)CN(C3COC3)CC4)n2)CC2C[C@@]21C(=O)O. The quantitative estimate of drug-likeness (QED) is 0.373. The van der Waals surface area contributed by atoms with E-state index in [2.05, 4.69) is 21.9 Å². The van der Waals surface area contributed by atoms with Crippen molar-refractivity contribution >= 4 is 11.8 Å². The molecule has 3 aliphatic heterocycles. The predicted molar refractivity (Wildman–Crippen MR) is 162 cm³/mol. The third-order valence-corrected chi connectivity index (χ3v) is 9.91. The number of aryl methyl sites for hydroxylation is 1. The van der Waals surface area contributed by atoms with Gasteiger partial charge in [-0.05, 0) is 66.6 Å². The standard InChI is InChI=1S/C34H39N3O6/c1-21-6-4-7-26(28-8-5-9-31(35-28)37-15-24-14-34(24,33(38)39)30(37)20-40-2)32(21)43-17-22-12-23-10-11-36(25-18-42-19-25)16-27(23)29(13-22)41-3/h4-9,12-13,24-25,30H,10-11,14-20H2,1-3H3,(H,38,39)/t24?,30-,34-/m1/s1. The topological polar surface area (TPSA) is 93.6 Å². The molecule has 1 aromatic heterocycles. The van der Waals surface area contributed by atoms with Gasteiger partial charge in [-0.25, -0.2) is 4.98 Å². The van der Waals surface area contributed by atoms with Crippen molar-refractivity contribution in [2.75, 3.05) is 52.0 Å². The number of carboxylic acid groups (broad SMARTS) is 1.